The smallest absolute Gasteiger partial charge is 0.104 e. The summed E-state index contributed by atoms with van der Waals surface area (Å²) in [6, 6.07) is 0. The highest BCUT2D eigenvalue weighted by atomic mass is 16.6. The van der Waals surface area contributed by atoms with E-state index in [4.69, 9.17) is 34.2 Å². The van der Waals surface area contributed by atoms with Crippen LogP contribution < -0.4 is 5.73 Å². The zero-order valence-corrected chi connectivity index (χ0v) is 12.3. The minimum Gasteiger partial charge on any atom is -0.378 e. The molecule has 0 amide bonds. The van der Waals surface area contributed by atoms with E-state index in [1.807, 2.05) is 0 Å². The lowest BCUT2D eigenvalue weighted by atomic mass is 9.91. The molecule has 3 aliphatic rings. The van der Waals surface area contributed by atoms with E-state index in [0.29, 0.717) is 46.2 Å². The van der Waals surface area contributed by atoms with Gasteiger partial charge in [0.15, 0.2) is 0 Å². The monoisotopic (exact) mass is 303 g/mol. The molecule has 21 heavy (non-hydrogen) atoms. The van der Waals surface area contributed by atoms with Gasteiger partial charge in [-0.3, -0.25) is 0 Å². The second-order valence-electron chi connectivity index (χ2n) is 6.12. The lowest BCUT2D eigenvalue weighted by Gasteiger charge is -2.31. The third-order valence-corrected chi connectivity index (χ3v) is 3.78. The van der Waals surface area contributed by atoms with E-state index >= 15 is 0 Å². The fraction of sp³-hybridized carbons (Fsp3) is 1.00. The van der Waals surface area contributed by atoms with Gasteiger partial charge in [-0.2, -0.15) is 0 Å². The van der Waals surface area contributed by atoms with Crippen molar-refractivity contribution in [1.82, 2.24) is 0 Å². The van der Waals surface area contributed by atoms with Crippen LogP contribution in [0.15, 0.2) is 0 Å². The van der Waals surface area contributed by atoms with Gasteiger partial charge in [0.1, 0.15) is 18.3 Å². The van der Waals surface area contributed by atoms with Gasteiger partial charge in [-0.05, 0) is 0 Å². The van der Waals surface area contributed by atoms with Crippen molar-refractivity contribution in [2.45, 2.75) is 18.3 Å². The Bertz CT molecular complexity index is 271. The van der Waals surface area contributed by atoms with Gasteiger partial charge in [0.25, 0.3) is 0 Å². The number of rotatable bonds is 13. The average Bonchev–Trinajstić information content (AvgIpc) is 3.34. The van der Waals surface area contributed by atoms with Gasteiger partial charge in [-0.15, -0.1) is 0 Å². The zero-order chi connectivity index (χ0) is 14.5. The van der Waals surface area contributed by atoms with Crippen LogP contribution in [-0.4, -0.2) is 84.3 Å². The van der Waals surface area contributed by atoms with E-state index in [0.717, 1.165) is 19.8 Å². The minimum absolute atomic E-state index is 0.252. The molecule has 122 valence electrons. The van der Waals surface area contributed by atoms with Crippen molar-refractivity contribution in [3.05, 3.63) is 0 Å². The first kappa shape index (κ1) is 15.6. The van der Waals surface area contributed by atoms with Gasteiger partial charge < -0.3 is 34.2 Å². The molecule has 2 N–H and O–H groups in total. The summed E-state index contributed by atoms with van der Waals surface area (Å²) in [6.45, 7) is 6.20. The summed E-state index contributed by atoms with van der Waals surface area (Å²) in [6.07, 6.45) is 0.756. The van der Waals surface area contributed by atoms with Crippen molar-refractivity contribution >= 4 is 0 Å². The van der Waals surface area contributed by atoms with Crippen LogP contribution in [0.4, 0.5) is 0 Å². The molecule has 3 rings (SSSR count). The third kappa shape index (κ3) is 5.78. The van der Waals surface area contributed by atoms with Gasteiger partial charge >= 0.3 is 0 Å². The molecule has 0 aliphatic carbocycles. The van der Waals surface area contributed by atoms with Crippen molar-refractivity contribution in [1.29, 1.82) is 0 Å². The molecule has 0 aromatic heterocycles. The fourth-order valence-electron chi connectivity index (χ4n) is 2.02. The van der Waals surface area contributed by atoms with Crippen LogP contribution in [0, 0.1) is 5.41 Å². The predicted molar refractivity (Wildman–Crippen MR) is 73.2 cm³/mol. The van der Waals surface area contributed by atoms with Crippen LogP contribution in [0.1, 0.15) is 0 Å². The van der Waals surface area contributed by atoms with Crippen molar-refractivity contribution in [2.24, 2.45) is 11.1 Å². The van der Waals surface area contributed by atoms with Crippen molar-refractivity contribution in [2.75, 3.05) is 66.0 Å². The minimum atomic E-state index is -0.321. The first-order valence-corrected chi connectivity index (χ1v) is 7.58. The van der Waals surface area contributed by atoms with Gasteiger partial charge in [0, 0.05) is 6.54 Å². The highest BCUT2D eigenvalue weighted by Crippen LogP contribution is 2.22. The number of ether oxygens (including phenoxy) is 6. The summed E-state index contributed by atoms with van der Waals surface area (Å²) in [4.78, 5) is 0. The molecule has 7 heteroatoms. The lowest BCUT2D eigenvalue weighted by molar-refractivity contribution is -0.0696. The van der Waals surface area contributed by atoms with E-state index in [-0.39, 0.29) is 23.7 Å². The van der Waals surface area contributed by atoms with Gasteiger partial charge in [0.05, 0.1) is 64.9 Å². The molecule has 0 aromatic carbocycles. The van der Waals surface area contributed by atoms with E-state index in [9.17, 15) is 0 Å². The molecule has 0 spiro atoms. The summed E-state index contributed by atoms with van der Waals surface area (Å²) in [5.74, 6) is 0. The average molecular weight is 303 g/mol. The summed E-state index contributed by atoms with van der Waals surface area (Å²) in [7, 11) is 0. The highest BCUT2D eigenvalue weighted by molar-refractivity contribution is 4.82. The summed E-state index contributed by atoms with van der Waals surface area (Å²) in [5.41, 5.74) is 5.65. The Kier molecular flexibility index (Phi) is 5.44. The van der Waals surface area contributed by atoms with Crippen molar-refractivity contribution < 1.29 is 28.4 Å². The van der Waals surface area contributed by atoms with E-state index in [2.05, 4.69) is 0 Å². The van der Waals surface area contributed by atoms with Gasteiger partial charge in [-0.1, -0.05) is 0 Å². The number of hydrogen-bond donors (Lipinski definition) is 1. The Balaban J connectivity index is 1.41. The maximum atomic E-state index is 5.97. The van der Waals surface area contributed by atoms with Crippen LogP contribution in [0.2, 0.25) is 0 Å². The second-order valence-corrected chi connectivity index (χ2v) is 6.12. The molecule has 3 saturated heterocycles. The standard InChI is InChI=1S/C14H25NO6/c15-7-14(8-16-1-11-4-19-11,9-17-2-12-5-20-12)10-18-3-13-6-21-13/h11-13H,1-10,15H2. The van der Waals surface area contributed by atoms with Crippen LogP contribution in [0.3, 0.4) is 0 Å². The molecule has 0 saturated carbocycles. The zero-order valence-electron chi connectivity index (χ0n) is 12.3. The topological polar surface area (TPSA) is 91.3 Å². The van der Waals surface area contributed by atoms with Crippen molar-refractivity contribution in [3.63, 3.8) is 0 Å². The quantitative estimate of drug-likeness (QED) is 0.444. The first-order valence-electron chi connectivity index (χ1n) is 7.58. The normalized spacial score (nSPS) is 32.7. The molecule has 0 radical (unpaired) electrons. The molecule has 3 heterocycles. The molecule has 3 fully saturated rings. The number of nitrogens with two attached hydrogens (primary N) is 1. The Morgan fingerprint density at radius 2 is 1.10 bits per heavy atom. The Labute approximate surface area is 124 Å². The van der Waals surface area contributed by atoms with Crippen LogP contribution >= 0.6 is 0 Å². The summed E-state index contributed by atoms with van der Waals surface area (Å²) in [5, 5.41) is 0. The van der Waals surface area contributed by atoms with Crippen LogP contribution in [0.25, 0.3) is 0 Å². The molecule has 7 nitrogen and oxygen atoms in total. The molecule has 0 aromatic rings. The van der Waals surface area contributed by atoms with Crippen molar-refractivity contribution in [3.8, 4) is 0 Å². The second kappa shape index (κ2) is 7.32. The highest BCUT2D eigenvalue weighted by Gasteiger charge is 2.34. The SMILES string of the molecule is NCC(COCC1CO1)(COCC1CO1)COCC1CO1. The fourth-order valence-corrected chi connectivity index (χ4v) is 2.02. The predicted octanol–water partition coefficient (Wildman–Crippen LogP) is -0.822. The van der Waals surface area contributed by atoms with Gasteiger partial charge in [-0.25, -0.2) is 0 Å². The third-order valence-electron chi connectivity index (χ3n) is 3.78. The molecular formula is C14H25NO6. The Hall–Kier alpha value is -0.280. The Morgan fingerprint density at radius 1 is 0.762 bits per heavy atom. The van der Waals surface area contributed by atoms with E-state index in [1.165, 1.54) is 0 Å². The molecule has 0 bridgehead atoms. The van der Waals surface area contributed by atoms with Crippen LogP contribution in [0.5, 0.6) is 0 Å². The largest absolute Gasteiger partial charge is 0.378 e. The van der Waals surface area contributed by atoms with E-state index < -0.39 is 0 Å². The lowest BCUT2D eigenvalue weighted by Crippen LogP contribution is -2.44. The van der Waals surface area contributed by atoms with Gasteiger partial charge in [0.2, 0.25) is 0 Å². The maximum absolute atomic E-state index is 5.97. The first-order chi connectivity index (χ1) is 10.3. The van der Waals surface area contributed by atoms with E-state index in [1.54, 1.807) is 0 Å². The molecule has 3 unspecified atom stereocenters. The Morgan fingerprint density at radius 3 is 1.33 bits per heavy atom. The molecule has 3 aliphatic heterocycles. The molecular weight excluding hydrogens is 278 g/mol. The number of epoxide rings is 3. The maximum Gasteiger partial charge on any atom is 0.104 e. The summed E-state index contributed by atoms with van der Waals surface area (Å²) >= 11 is 0. The molecule has 3 atom stereocenters. The van der Waals surface area contributed by atoms with Crippen LogP contribution in [-0.2, 0) is 28.4 Å². The number of hydrogen-bond acceptors (Lipinski definition) is 7. The summed E-state index contributed by atoms with van der Waals surface area (Å²) < 4.78 is 32.6.